The highest BCUT2D eigenvalue weighted by atomic mass is 35.5. The van der Waals surface area contributed by atoms with E-state index in [0.29, 0.717) is 11.1 Å². The van der Waals surface area contributed by atoms with Gasteiger partial charge in [-0.15, -0.1) is 0 Å². The van der Waals surface area contributed by atoms with Crippen molar-refractivity contribution in [2.45, 2.75) is 18.9 Å². The van der Waals surface area contributed by atoms with Crippen LogP contribution in [0.3, 0.4) is 0 Å². The fourth-order valence-electron chi connectivity index (χ4n) is 1.86. The molecule has 1 aromatic carbocycles. The SMILES string of the molecule is COCCN(c1ccc(Cl)cc1N)C1CC1. The van der Waals surface area contributed by atoms with Crippen molar-refractivity contribution in [3.8, 4) is 0 Å². The average molecular weight is 241 g/mol. The first kappa shape index (κ1) is 11.6. The Balaban J connectivity index is 2.17. The Kier molecular flexibility index (Phi) is 3.56. The molecule has 2 N–H and O–H groups in total. The van der Waals surface area contributed by atoms with Crippen molar-refractivity contribution < 1.29 is 4.74 Å². The third kappa shape index (κ3) is 2.60. The third-order valence-corrected chi connectivity index (χ3v) is 3.06. The van der Waals surface area contributed by atoms with E-state index in [1.165, 1.54) is 12.8 Å². The van der Waals surface area contributed by atoms with Crippen LogP contribution in [0.1, 0.15) is 12.8 Å². The molecule has 1 saturated carbocycles. The number of rotatable bonds is 5. The van der Waals surface area contributed by atoms with Crippen molar-refractivity contribution >= 4 is 23.0 Å². The summed E-state index contributed by atoms with van der Waals surface area (Å²) in [6, 6.07) is 6.30. The summed E-state index contributed by atoms with van der Waals surface area (Å²) in [6.45, 7) is 1.60. The Morgan fingerprint density at radius 3 is 2.81 bits per heavy atom. The molecule has 0 aliphatic heterocycles. The Morgan fingerprint density at radius 1 is 1.50 bits per heavy atom. The number of methoxy groups -OCH3 is 1. The highest BCUT2D eigenvalue weighted by molar-refractivity contribution is 6.31. The summed E-state index contributed by atoms with van der Waals surface area (Å²) in [4.78, 5) is 2.31. The highest BCUT2D eigenvalue weighted by Crippen LogP contribution is 2.35. The number of benzene rings is 1. The van der Waals surface area contributed by atoms with Gasteiger partial charge in [0, 0.05) is 24.7 Å². The zero-order valence-electron chi connectivity index (χ0n) is 9.45. The molecule has 16 heavy (non-hydrogen) atoms. The minimum atomic E-state index is 0.624. The molecule has 0 unspecified atom stereocenters. The van der Waals surface area contributed by atoms with Gasteiger partial charge in [-0.3, -0.25) is 0 Å². The van der Waals surface area contributed by atoms with E-state index in [4.69, 9.17) is 22.1 Å². The first-order chi connectivity index (χ1) is 7.72. The lowest BCUT2D eigenvalue weighted by molar-refractivity contribution is 0.205. The number of nitrogens with two attached hydrogens (primary N) is 1. The lowest BCUT2D eigenvalue weighted by atomic mass is 10.2. The number of nitrogen functional groups attached to an aromatic ring is 1. The van der Waals surface area contributed by atoms with Crippen molar-refractivity contribution in [1.29, 1.82) is 0 Å². The molecule has 0 radical (unpaired) electrons. The lowest BCUT2D eigenvalue weighted by Crippen LogP contribution is -2.30. The number of hydrogen-bond acceptors (Lipinski definition) is 3. The number of anilines is 2. The molecule has 0 amide bonds. The lowest BCUT2D eigenvalue weighted by Gasteiger charge is -2.25. The van der Waals surface area contributed by atoms with Gasteiger partial charge in [0.2, 0.25) is 0 Å². The van der Waals surface area contributed by atoms with Crippen molar-refractivity contribution in [3.05, 3.63) is 23.2 Å². The van der Waals surface area contributed by atoms with E-state index >= 15 is 0 Å². The Labute approximate surface area is 101 Å². The van der Waals surface area contributed by atoms with Gasteiger partial charge in [-0.1, -0.05) is 11.6 Å². The molecule has 2 rings (SSSR count). The molecular formula is C12H17ClN2O. The van der Waals surface area contributed by atoms with Gasteiger partial charge in [-0.2, -0.15) is 0 Å². The second-order valence-electron chi connectivity index (χ2n) is 4.12. The number of ether oxygens (including phenoxy) is 1. The summed E-state index contributed by atoms with van der Waals surface area (Å²) in [7, 11) is 1.72. The van der Waals surface area contributed by atoms with Gasteiger partial charge in [0.25, 0.3) is 0 Å². The highest BCUT2D eigenvalue weighted by Gasteiger charge is 2.29. The Hall–Kier alpha value is -0.930. The fraction of sp³-hybridized carbons (Fsp3) is 0.500. The summed E-state index contributed by atoms with van der Waals surface area (Å²) in [5.74, 6) is 0. The minimum absolute atomic E-state index is 0.624. The zero-order valence-corrected chi connectivity index (χ0v) is 10.2. The molecule has 0 atom stereocenters. The van der Waals surface area contributed by atoms with Gasteiger partial charge in [0.15, 0.2) is 0 Å². The summed E-state index contributed by atoms with van der Waals surface area (Å²) in [5.41, 5.74) is 7.81. The van der Waals surface area contributed by atoms with Crippen LogP contribution in [0.4, 0.5) is 11.4 Å². The monoisotopic (exact) mass is 240 g/mol. The molecule has 1 aliphatic rings. The average Bonchev–Trinajstić information content (AvgIpc) is 3.05. The van der Waals surface area contributed by atoms with Crippen LogP contribution in [-0.2, 0) is 4.74 Å². The van der Waals surface area contributed by atoms with Crippen LogP contribution < -0.4 is 10.6 Å². The first-order valence-corrected chi connectivity index (χ1v) is 5.91. The second-order valence-corrected chi connectivity index (χ2v) is 4.56. The van der Waals surface area contributed by atoms with Gasteiger partial charge < -0.3 is 15.4 Å². The quantitative estimate of drug-likeness (QED) is 0.804. The molecule has 0 spiro atoms. The van der Waals surface area contributed by atoms with Gasteiger partial charge in [0.1, 0.15) is 0 Å². The summed E-state index contributed by atoms with van der Waals surface area (Å²) >= 11 is 5.90. The predicted octanol–water partition coefficient (Wildman–Crippen LogP) is 2.54. The van der Waals surface area contributed by atoms with Crippen molar-refractivity contribution in [3.63, 3.8) is 0 Å². The van der Waals surface area contributed by atoms with Crippen LogP contribution in [0.25, 0.3) is 0 Å². The molecule has 3 nitrogen and oxygen atoms in total. The van der Waals surface area contributed by atoms with E-state index in [2.05, 4.69) is 4.90 Å². The maximum Gasteiger partial charge on any atom is 0.0637 e. The molecule has 88 valence electrons. The second kappa shape index (κ2) is 4.93. The fourth-order valence-corrected chi connectivity index (χ4v) is 2.04. The van der Waals surface area contributed by atoms with E-state index in [0.717, 1.165) is 24.5 Å². The van der Waals surface area contributed by atoms with Gasteiger partial charge >= 0.3 is 0 Å². The molecule has 1 fully saturated rings. The van der Waals surface area contributed by atoms with Crippen LogP contribution in [0.15, 0.2) is 18.2 Å². The topological polar surface area (TPSA) is 38.5 Å². The Morgan fingerprint density at radius 2 is 2.25 bits per heavy atom. The van der Waals surface area contributed by atoms with Crippen molar-refractivity contribution in [1.82, 2.24) is 0 Å². The summed E-state index contributed by atoms with van der Waals surface area (Å²) in [6.07, 6.45) is 2.48. The number of halogens is 1. The van der Waals surface area contributed by atoms with E-state index in [1.54, 1.807) is 13.2 Å². The van der Waals surface area contributed by atoms with Crippen LogP contribution in [-0.4, -0.2) is 26.3 Å². The smallest absolute Gasteiger partial charge is 0.0637 e. The van der Waals surface area contributed by atoms with E-state index in [9.17, 15) is 0 Å². The largest absolute Gasteiger partial charge is 0.397 e. The maximum absolute atomic E-state index is 5.99. The molecule has 0 aromatic heterocycles. The molecule has 1 aromatic rings. The Bertz CT molecular complexity index is 366. The van der Waals surface area contributed by atoms with Gasteiger partial charge in [-0.25, -0.2) is 0 Å². The minimum Gasteiger partial charge on any atom is -0.397 e. The van der Waals surface area contributed by atoms with Crippen molar-refractivity contribution in [2.24, 2.45) is 0 Å². The molecular weight excluding hydrogens is 224 g/mol. The molecule has 0 bridgehead atoms. The van der Waals surface area contributed by atoms with Crippen LogP contribution >= 0.6 is 11.6 Å². The van der Waals surface area contributed by atoms with Crippen LogP contribution in [0, 0.1) is 0 Å². The maximum atomic E-state index is 5.99. The van der Waals surface area contributed by atoms with Crippen molar-refractivity contribution in [2.75, 3.05) is 30.9 Å². The van der Waals surface area contributed by atoms with E-state index < -0.39 is 0 Å². The predicted molar refractivity (Wildman–Crippen MR) is 68.1 cm³/mol. The standard InChI is InChI=1S/C12H17ClN2O/c1-16-7-6-15(10-3-4-10)12-5-2-9(13)8-11(12)14/h2,5,8,10H,3-4,6-7,14H2,1H3. The third-order valence-electron chi connectivity index (χ3n) is 2.82. The zero-order chi connectivity index (χ0) is 11.5. The molecule has 4 heteroatoms. The van der Waals surface area contributed by atoms with Crippen LogP contribution in [0.2, 0.25) is 5.02 Å². The normalized spacial score (nSPS) is 15.1. The van der Waals surface area contributed by atoms with E-state index in [-0.39, 0.29) is 0 Å². The van der Waals surface area contributed by atoms with Gasteiger partial charge in [0.05, 0.1) is 18.0 Å². The summed E-state index contributed by atoms with van der Waals surface area (Å²) < 4.78 is 5.13. The molecule has 1 aliphatic carbocycles. The molecule has 0 heterocycles. The summed E-state index contributed by atoms with van der Waals surface area (Å²) in [5, 5.41) is 0.684. The number of nitrogens with zero attached hydrogens (tertiary/aromatic N) is 1. The van der Waals surface area contributed by atoms with Crippen LogP contribution in [0.5, 0.6) is 0 Å². The molecule has 0 saturated heterocycles. The van der Waals surface area contributed by atoms with Gasteiger partial charge in [-0.05, 0) is 31.0 Å². The van der Waals surface area contributed by atoms with E-state index in [1.807, 2.05) is 12.1 Å². The first-order valence-electron chi connectivity index (χ1n) is 5.53. The number of hydrogen-bond donors (Lipinski definition) is 1.